The number of hydrogen-bond donors (Lipinski definition) is 1. The van der Waals surface area contributed by atoms with E-state index in [0.29, 0.717) is 41.3 Å². The van der Waals surface area contributed by atoms with Gasteiger partial charge in [-0.15, -0.1) is 10.2 Å². The van der Waals surface area contributed by atoms with Gasteiger partial charge in [-0.1, -0.05) is 11.8 Å². The highest BCUT2D eigenvalue weighted by Gasteiger charge is 2.13. The normalized spacial score (nSPS) is 10.9. The molecule has 0 fully saturated rings. The van der Waals surface area contributed by atoms with E-state index in [9.17, 15) is 4.79 Å². The van der Waals surface area contributed by atoms with E-state index in [2.05, 4.69) is 20.5 Å². The lowest BCUT2D eigenvalue weighted by Crippen LogP contribution is -2.14. The number of aromatic nitrogens is 4. The molecule has 0 bridgehead atoms. The first-order chi connectivity index (χ1) is 13.5. The molecule has 2 heterocycles. The summed E-state index contributed by atoms with van der Waals surface area (Å²) in [6.07, 6.45) is 0. The summed E-state index contributed by atoms with van der Waals surface area (Å²) in [5.41, 5.74) is 2.51. The molecule has 0 radical (unpaired) electrons. The maximum atomic E-state index is 12.4. The van der Waals surface area contributed by atoms with Gasteiger partial charge in [-0.3, -0.25) is 9.20 Å². The molecule has 0 aliphatic heterocycles. The van der Waals surface area contributed by atoms with E-state index in [0.717, 1.165) is 11.4 Å². The number of nitrogens with one attached hydrogen (secondary N) is 1. The molecule has 2 aromatic heterocycles. The number of rotatable bonds is 8. The maximum absolute atomic E-state index is 12.4. The second kappa shape index (κ2) is 8.92. The van der Waals surface area contributed by atoms with Gasteiger partial charge in [0.1, 0.15) is 0 Å². The number of aryl methyl sites for hydroxylation is 2. The number of thioether (sulfide) groups is 1. The van der Waals surface area contributed by atoms with E-state index < -0.39 is 0 Å². The Balaban J connectivity index is 1.67. The Morgan fingerprint density at radius 1 is 1.11 bits per heavy atom. The van der Waals surface area contributed by atoms with Gasteiger partial charge in [-0.05, 0) is 45.9 Å². The van der Waals surface area contributed by atoms with E-state index >= 15 is 0 Å². The van der Waals surface area contributed by atoms with Crippen molar-refractivity contribution in [2.24, 2.45) is 0 Å². The van der Waals surface area contributed by atoms with Gasteiger partial charge in [0, 0.05) is 23.1 Å². The Labute approximate surface area is 167 Å². The first-order valence-corrected chi connectivity index (χ1v) is 10.0. The molecule has 0 aliphatic carbocycles. The number of amides is 1. The average molecular weight is 401 g/mol. The number of benzene rings is 1. The highest BCUT2D eigenvalue weighted by atomic mass is 32.2. The van der Waals surface area contributed by atoms with Crippen LogP contribution in [0.2, 0.25) is 0 Å². The molecule has 0 unspecified atom stereocenters. The summed E-state index contributed by atoms with van der Waals surface area (Å²) in [4.78, 5) is 16.7. The monoisotopic (exact) mass is 401 g/mol. The molecule has 148 valence electrons. The van der Waals surface area contributed by atoms with Gasteiger partial charge in [0.25, 0.3) is 5.78 Å². The summed E-state index contributed by atoms with van der Waals surface area (Å²) in [6.45, 7) is 8.75. The minimum Gasteiger partial charge on any atom is -0.490 e. The zero-order valence-electron chi connectivity index (χ0n) is 16.4. The zero-order chi connectivity index (χ0) is 20.1. The highest BCUT2D eigenvalue weighted by Crippen LogP contribution is 2.30. The molecule has 0 spiro atoms. The van der Waals surface area contributed by atoms with Crippen LogP contribution in [0.1, 0.15) is 25.2 Å². The average Bonchev–Trinajstić information content (AvgIpc) is 3.05. The quantitative estimate of drug-likeness (QED) is 0.579. The van der Waals surface area contributed by atoms with Crippen molar-refractivity contribution < 1.29 is 14.3 Å². The van der Waals surface area contributed by atoms with Crippen LogP contribution in [0, 0.1) is 13.8 Å². The number of anilines is 1. The van der Waals surface area contributed by atoms with Gasteiger partial charge in [0.2, 0.25) is 5.91 Å². The van der Waals surface area contributed by atoms with Crippen molar-refractivity contribution in [1.29, 1.82) is 0 Å². The van der Waals surface area contributed by atoms with Crippen molar-refractivity contribution in [2.75, 3.05) is 24.3 Å². The molecular formula is C19H23N5O3S. The van der Waals surface area contributed by atoms with Crippen molar-refractivity contribution in [2.45, 2.75) is 32.9 Å². The van der Waals surface area contributed by atoms with Crippen LogP contribution in [0.15, 0.2) is 29.4 Å². The summed E-state index contributed by atoms with van der Waals surface area (Å²) in [5, 5.41) is 11.7. The Hall–Kier alpha value is -2.81. The molecule has 0 aliphatic rings. The summed E-state index contributed by atoms with van der Waals surface area (Å²) in [6, 6.07) is 7.30. The van der Waals surface area contributed by atoms with Crippen LogP contribution in [-0.2, 0) is 4.79 Å². The standard InChI is InChI=1S/C19H23N5O3S/c1-5-26-15-8-7-14(10-16(15)27-6-2)21-17(25)11-28-19-23-22-18-20-12(3)9-13(4)24(18)19/h7-10H,5-6,11H2,1-4H3,(H,21,25). The fourth-order valence-electron chi connectivity index (χ4n) is 2.75. The lowest BCUT2D eigenvalue weighted by molar-refractivity contribution is -0.113. The predicted molar refractivity (Wildman–Crippen MR) is 108 cm³/mol. The molecule has 0 saturated carbocycles. The van der Waals surface area contributed by atoms with Crippen LogP contribution in [0.5, 0.6) is 11.5 Å². The predicted octanol–water partition coefficient (Wildman–Crippen LogP) is 3.27. The van der Waals surface area contributed by atoms with Crippen LogP contribution >= 0.6 is 11.8 Å². The third kappa shape index (κ3) is 4.53. The van der Waals surface area contributed by atoms with Gasteiger partial charge in [0.15, 0.2) is 16.7 Å². The van der Waals surface area contributed by atoms with E-state index in [1.807, 2.05) is 38.2 Å². The zero-order valence-corrected chi connectivity index (χ0v) is 17.2. The van der Waals surface area contributed by atoms with Crippen LogP contribution in [0.4, 0.5) is 5.69 Å². The van der Waals surface area contributed by atoms with Crippen LogP contribution in [0.3, 0.4) is 0 Å². The SMILES string of the molecule is CCOc1ccc(NC(=O)CSc2nnc3nc(C)cc(C)n23)cc1OCC. The van der Waals surface area contributed by atoms with Gasteiger partial charge < -0.3 is 14.8 Å². The number of hydrogen-bond acceptors (Lipinski definition) is 7. The van der Waals surface area contributed by atoms with Crippen LogP contribution < -0.4 is 14.8 Å². The molecule has 8 nitrogen and oxygen atoms in total. The lowest BCUT2D eigenvalue weighted by Gasteiger charge is -2.13. The summed E-state index contributed by atoms with van der Waals surface area (Å²) < 4.78 is 13.0. The second-order valence-electron chi connectivity index (χ2n) is 6.02. The minimum absolute atomic E-state index is 0.147. The van der Waals surface area contributed by atoms with E-state index in [1.54, 1.807) is 18.2 Å². The largest absolute Gasteiger partial charge is 0.490 e. The summed E-state index contributed by atoms with van der Waals surface area (Å²) in [7, 11) is 0. The Bertz CT molecular complexity index is 989. The Kier molecular flexibility index (Phi) is 6.35. The molecule has 1 amide bonds. The van der Waals surface area contributed by atoms with Crippen LogP contribution in [0.25, 0.3) is 5.78 Å². The van der Waals surface area contributed by atoms with Crippen LogP contribution in [-0.4, -0.2) is 44.5 Å². The highest BCUT2D eigenvalue weighted by molar-refractivity contribution is 7.99. The molecular weight excluding hydrogens is 378 g/mol. The third-order valence-corrected chi connectivity index (χ3v) is 4.75. The Morgan fingerprint density at radius 2 is 1.86 bits per heavy atom. The van der Waals surface area contributed by atoms with Crippen molar-refractivity contribution in [3.8, 4) is 11.5 Å². The van der Waals surface area contributed by atoms with Gasteiger partial charge in [-0.25, -0.2) is 4.98 Å². The topological polar surface area (TPSA) is 90.6 Å². The number of nitrogens with zero attached hydrogens (tertiary/aromatic N) is 4. The van der Waals surface area contributed by atoms with Crippen molar-refractivity contribution >= 4 is 29.1 Å². The third-order valence-electron chi connectivity index (χ3n) is 3.82. The molecule has 0 atom stereocenters. The number of carbonyl (C=O) groups excluding carboxylic acids is 1. The molecule has 1 N–H and O–H groups in total. The van der Waals surface area contributed by atoms with E-state index in [1.165, 1.54) is 11.8 Å². The molecule has 3 aromatic rings. The molecule has 9 heteroatoms. The summed E-state index contributed by atoms with van der Waals surface area (Å²) >= 11 is 1.31. The maximum Gasteiger partial charge on any atom is 0.256 e. The van der Waals surface area contributed by atoms with Crippen molar-refractivity contribution in [3.63, 3.8) is 0 Å². The van der Waals surface area contributed by atoms with Gasteiger partial charge >= 0.3 is 0 Å². The van der Waals surface area contributed by atoms with Crippen molar-refractivity contribution in [1.82, 2.24) is 19.6 Å². The number of carbonyl (C=O) groups is 1. The minimum atomic E-state index is -0.147. The smallest absolute Gasteiger partial charge is 0.256 e. The molecule has 28 heavy (non-hydrogen) atoms. The first kappa shape index (κ1) is 19.9. The first-order valence-electron chi connectivity index (χ1n) is 9.03. The molecule has 3 rings (SSSR count). The second-order valence-corrected chi connectivity index (χ2v) is 6.96. The molecule has 1 aromatic carbocycles. The molecule has 0 saturated heterocycles. The van der Waals surface area contributed by atoms with Gasteiger partial charge in [0.05, 0.1) is 19.0 Å². The fraction of sp³-hybridized carbons (Fsp3) is 0.368. The summed E-state index contributed by atoms with van der Waals surface area (Å²) in [5.74, 6) is 1.85. The Morgan fingerprint density at radius 3 is 2.61 bits per heavy atom. The lowest BCUT2D eigenvalue weighted by atomic mass is 10.2. The fourth-order valence-corrected chi connectivity index (χ4v) is 3.54. The van der Waals surface area contributed by atoms with E-state index in [-0.39, 0.29) is 11.7 Å². The van der Waals surface area contributed by atoms with Gasteiger partial charge in [-0.2, -0.15) is 0 Å². The van der Waals surface area contributed by atoms with E-state index in [4.69, 9.17) is 9.47 Å². The van der Waals surface area contributed by atoms with Crippen molar-refractivity contribution in [3.05, 3.63) is 35.7 Å². The number of ether oxygens (including phenoxy) is 2. The number of fused-ring (bicyclic) bond motifs is 1.